The maximum atomic E-state index is 14.4. The van der Waals surface area contributed by atoms with Gasteiger partial charge < -0.3 is 59.5 Å². The number of amides is 1. The van der Waals surface area contributed by atoms with E-state index in [0.717, 1.165) is 80.4 Å². The largest absolute Gasteiger partial charge is 0.467 e. The average molecular weight is 788 g/mol. The first-order chi connectivity index (χ1) is 26.2. The van der Waals surface area contributed by atoms with Crippen LogP contribution in [0.25, 0.3) is 0 Å². The first-order valence-corrected chi connectivity index (χ1v) is 18.7. The topological polar surface area (TPSA) is 275 Å². The van der Waals surface area contributed by atoms with E-state index in [4.69, 9.17) is 34.2 Å². The molecule has 12 atom stereocenters. The molecule has 3 aliphatic rings. The van der Waals surface area contributed by atoms with Crippen LogP contribution in [0.5, 0.6) is 0 Å². The van der Waals surface area contributed by atoms with Crippen LogP contribution in [-0.2, 0) is 42.8 Å². The fraction of sp³-hybridized carbons (Fsp3) is 0.800. The predicted molar refractivity (Wildman–Crippen MR) is 190 cm³/mol. The molecule has 3 saturated heterocycles. The third-order valence-electron chi connectivity index (χ3n) is 10.4. The van der Waals surface area contributed by atoms with Crippen molar-refractivity contribution in [1.29, 1.82) is 0 Å². The molecule has 3 aliphatic heterocycles. The quantitative estimate of drug-likeness (QED) is 0.0616. The molecule has 20 nitrogen and oxygen atoms in total. The Labute approximate surface area is 318 Å². The van der Waals surface area contributed by atoms with Gasteiger partial charge in [0.1, 0.15) is 54.9 Å². The molecule has 7 N–H and O–H groups in total. The fourth-order valence-corrected chi connectivity index (χ4v) is 7.33. The number of ether oxygens (including phenoxy) is 6. The lowest BCUT2D eigenvalue weighted by Crippen LogP contribution is -2.59. The summed E-state index contributed by atoms with van der Waals surface area (Å²) in [5, 5.41) is 43.8. The summed E-state index contributed by atoms with van der Waals surface area (Å²) in [5.74, 6) is -2.27. The number of nitrogens with zero attached hydrogens (tertiary/aromatic N) is 3. The molecule has 20 heteroatoms. The van der Waals surface area contributed by atoms with Gasteiger partial charge in [-0.2, -0.15) is 0 Å². The fourth-order valence-electron chi connectivity index (χ4n) is 7.33. The van der Waals surface area contributed by atoms with Crippen LogP contribution in [0.3, 0.4) is 0 Å². The Morgan fingerprint density at radius 2 is 1.58 bits per heavy atom. The van der Waals surface area contributed by atoms with Crippen molar-refractivity contribution in [2.75, 3.05) is 48.0 Å². The second-order valence-corrected chi connectivity index (χ2v) is 14.3. The summed E-state index contributed by atoms with van der Waals surface area (Å²) in [6.45, 7) is 0.293. The zero-order chi connectivity index (χ0) is 40.4. The van der Waals surface area contributed by atoms with Crippen molar-refractivity contribution < 1.29 is 63.2 Å². The zero-order valence-corrected chi connectivity index (χ0v) is 31.8. The number of nitrogens with two attached hydrogens (primary N) is 1. The highest BCUT2D eigenvalue weighted by Gasteiger charge is 2.57. The first kappa shape index (κ1) is 44.4. The standard InChI is InChI=1S/C35H57N5O15/c1-38-18-20(52-22(42)13-11-9-7-5-6-8-10-12-16-50-3)23(33(48)51-4)39(2)31(47)24(38)29(55-34-28(46)25(43)19(17-36)53-34)30-26(44)27(45)32(54-30)40-15-14-21(41)37-35(40)49/h14-15,19-20,23-30,32,34,43-46H,5-13,16-18,36H2,1-4H3,(H,37,41,49)/t19?,20-,23-,24-,25?,26?,27?,28?,29-,30?,32?,34?/m0/s1. The molecule has 0 bridgehead atoms. The van der Waals surface area contributed by atoms with Crippen molar-refractivity contribution in [1.82, 2.24) is 19.4 Å². The van der Waals surface area contributed by atoms with Crippen molar-refractivity contribution in [2.45, 2.75) is 131 Å². The van der Waals surface area contributed by atoms with Gasteiger partial charge in [-0.05, 0) is 19.9 Å². The Balaban J connectivity index is 1.57. The third kappa shape index (κ3) is 10.8. The number of hydrogen-bond donors (Lipinski definition) is 6. The van der Waals surface area contributed by atoms with Gasteiger partial charge in [0, 0.05) is 52.5 Å². The molecule has 1 aromatic heterocycles. The predicted octanol–water partition coefficient (Wildman–Crippen LogP) is -2.67. The summed E-state index contributed by atoms with van der Waals surface area (Å²) in [6.07, 6.45) is -6.89. The molecule has 0 spiro atoms. The lowest BCUT2D eigenvalue weighted by atomic mass is 9.97. The Morgan fingerprint density at radius 1 is 0.927 bits per heavy atom. The number of esters is 2. The molecule has 0 radical (unpaired) electrons. The number of methoxy groups -OCH3 is 2. The molecule has 1 amide bonds. The van der Waals surface area contributed by atoms with E-state index in [0.29, 0.717) is 6.42 Å². The molecule has 312 valence electrons. The summed E-state index contributed by atoms with van der Waals surface area (Å²) in [7, 11) is 5.57. The van der Waals surface area contributed by atoms with Crippen molar-refractivity contribution in [2.24, 2.45) is 5.73 Å². The highest BCUT2D eigenvalue weighted by molar-refractivity contribution is 5.89. The number of rotatable bonds is 19. The number of aromatic amines is 1. The van der Waals surface area contributed by atoms with E-state index in [1.807, 2.05) is 4.98 Å². The van der Waals surface area contributed by atoms with E-state index in [2.05, 4.69) is 0 Å². The highest BCUT2D eigenvalue weighted by atomic mass is 16.7. The monoisotopic (exact) mass is 787 g/mol. The lowest BCUT2D eigenvalue weighted by molar-refractivity contribution is -0.233. The number of unbranched alkanes of at least 4 members (excludes halogenated alkanes) is 7. The summed E-state index contributed by atoms with van der Waals surface area (Å²) >= 11 is 0. The average Bonchev–Trinajstić information content (AvgIpc) is 3.56. The van der Waals surface area contributed by atoms with Crippen molar-refractivity contribution in [3.8, 4) is 0 Å². The van der Waals surface area contributed by atoms with Crippen LogP contribution in [0.2, 0.25) is 0 Å². The third-order valence-corrected chi connectivity index (χ3v) is 10.4. The molecule has 3 fully saturated rings. The molecule has 0 aromatic carbocycles. The molecule has 4 rings (SSSR count). The van der Waals surface area contributed by atoms with Crippen molar-refractivity contribution in [3.05, 3.63) is 33.1 Å². The summed E-state index contributed by atoms with van der Waals surface area (Å²) in [4.78, 5) is 69.6. The van der Waals surface area contributed by atoms with Crippen molar-refractivity contribution >= 4 is 17.8 Å². The number of H-pyrrole nitrogens is 1. The maximum absolute atomic E-state index is 14.4. The highest BCUT2D eigenvalue weighted by Crippen LogP contribution is 2.36. The molecule has 1 aromatic rings. The number of nitrogens with one attached hydrogen (secondary N) is 1. The smallest absolute Gasteiger partial charge is 0.332 e. The number of aliphatic hydroxyl groups excluding tert-OH is 4. The summed E-state index contributed by atoms with van der Waals surface area (Å²) in [6, 6.07) is -1.92. The minimum Gasteiger partial charge on any atom is -0.467 e. The minimum atomic E-state index is -1.85. The zero-order valence-electron chi connectivity index (χ0n) is 31.8. The van der Waals surface area contributed by atoms with Gasteiger partial charge in [-0.25, -0.2) is 9.59 Å². The van der Waals surface area contributed by atoms with Crippen LogP contribution < -0.4 is 17.0 Å². The van der Waals surface area contributed by atoms with Crippen LogP contribution in [0.15, 0.2) is 21.9 Å². The van der Waals surface area contributed by atoms with Crippen LogP contribution >= 0.6 is 0 Å². The number of hydrogen-bond acceptors (Lipinski definition) is 17. The number of carbonyl (C=O) groups is 3. The molecule has 4 heterocycles. The SMILES string of the molecule is COCCCCCCCCCCC(=O)O[C@H]1CN(C)[C@@H]([C@H](OC2OC(CN)C(O)C2O)C2OC(n3ccc(=O)[nH]c3=O)C(O)C2O)C(=O)N(C)[C@@H]1C(=O)OC. The van der Waals surface area contributed by atoms with Gasteiger partial charge in [0.2, 0.25) is 5.91 Å². The summed E-state index contributed by atoms with van der Waals surface area (Å²) < 4.78 is 34.6. The van der Waals surface area contributed by atoms with Gasteiger partial charge in [-0.15, -0.1) is 0 Å². The van der Waals surface area contributed by atoms with Crippen LogP contribution in [-0.4, -0.2) is 173 Å². The second kappa shape index (κ2) is 20.7. The molecule has 0 saturated carbocycles. The van der Waals surface area contributed by atoms with Crippen LogP contribution in [0, 0.1) is 0 Å². The van der Waals surface area contributed by atoms with E-state index in [-0.39, 0.29) is 19.5 Å². The van der Waals surface area contributed by atoms with Gasteiger partial charge in [0.25, 0.3) is 5.56 Å². The Bertz CT molecular complexity index is 1530. The molecular weight excluding hydrogens is 730 g/mol. The number of aliphatic hydroxyl groups is 4. The number of aromatic nitrogens is 2. The van der Waals surface area contributed by atoms with E-state index in [1.54, 1.807) is 7.11 Å². The first-order valence-electron chi connectivity index (χ1n) is 18.7. The van der Waals surface area contributed by atoms with E-state index < -0.39 is 103 Å². The molecule has 8 unspecified atom stereocenters. The maximum Gasteiger partial charge on any atom is 0.332 e. The summed E-state index contributed by atoms with van der Waals surface area (Å²) in [5.41, 5.74) is 4.01. The van der Waals surface area contributed by atoms with E-state index in [1.165, 1.54) is 19.0 Å². The van der Waals surface area contributed by atoms with Crippen LogP contribution in [0.4, 0.5) is 0 Å². The minimum absolute atomic E-state index is 0.0712. The number of likely N-dealkylation sites (N-methyl/N-ethyl adjacent to an activating group) is 2. The molecule has 55 heavy (non-hydrogen) atoms. The van der Waals surface area contributed by atoms with E-state index >= 15 is 0 Å². The van der Waals surface area contributed by atoms with Crippen LogP contribution in [0.1, 0.15) is 64.0 Å². The van der Waals surface area contributed by atoms with Gasteiger partial charge >= 0.3 is 17.6 Å². The van der Waals surface area contributed by atoms with E-state index in [9.17, 15) is 44.4 Å². The normalized spacial score (nSPS) is 32.1. The lowest BCUT2D eigenvalue weighted by Gasteiger charge is -2.38. The van der Waals surface area contributed by atoms with Gasteiger partial charge in [0.05, 0.1) is 7.11 Å². The van der Waals surface area contributed by atoms with Gasteiger partial charge in [0.15, 0.2) is 18.6 Å². The van der Waals surface area contributed by atoms with Crippen molar-refractivity contribution in [3.63, 3.8) is 0 Å². The molecular formula is C35H57N5O15. The Morgan fingerprint density at radius 3 is 2.18 bits per heavy atom. The molecule has 0 aliphatic carbocycles. The second-order valence-electron chi connectivity index (χ2n) is 14.3. The number of carbonyl (C=O) groups excluding carboxylic acids is 3. The Hall–Kier alpha value is -3.31. The van der Waals surface area contributed by atoms with Gasteiger partial charge in [-0.1, -0.05) is 38.5 Å². The van der Waals surface area contributed by atoms with Gasteiger partial charge in [-0.3, -0.25) is 28.8 Å². The Kier molecular flexibility index (Phi) is 16.7.